The predicted molar refractivity (Wildman–Crippen MR) is 211 cm³/mol. The molecule has 3 atom stereocenters. The van der Waals surface area contributed by atoms with Crippen molar-refractivity contribution >= 4 is 33.9 Å². The van der Waals surface area contributed by atoms with Crippen molar-refractivity contribution in [3.63, 3.8) is 0 Å². The van der Waals surface area contributed by atoms with E-state index in [9.17, 15) is 0 Å². The molecule has 1 saturated heterocycles. The van der Waals surface area contributed by atoms with E-state index >= 15 is 0 Å². The lowest BCUT2D eigenvalue weighted by atomic mass is 9.74. The Morgan fingerprint density at radius 1 is 1.00 bits per heavy atom. The van der Waals surface area contributed by atoms with Crippen LogP contribution in [0.15, 0.2) is 52.8 Å². The lowest BCUT2D eigenvalue weighted by Crippen LogP contribution is -2.45. The molecule has 5 aliphatic rings. The fourth-order valence-corrected chi connectivity index (χ4v) is 9.66. The van der Waals surface area contributed by atoms with E-state index in [0.29, 0.717) is 11.3 Å². The number of benzene rings is 1. The van der Waals surface area contributed by atoms with Crippen LogP contribution in [-0.2, 0) is 6.42 Å². The molecule has 0 bridgehead atoms. The lowest BCUT2D eigenvalue weighted by Gasteiger charge is -2.34. The van der Waals surface area contributed by atoms with Crippen LogP contribution < -0.4 is 4.90 Å². The number of piperazine rings is 1. The van der Waals surface area contributed by atoms with E-state index in [4.69, 9.17) is 21.6 Å². The van der Waals surface area contributed by atoms with Crippen molar-refractivity contribution in [2.24, 2.45) is 27.7 Å². The van der Waals surface area contributed by atoms with E-state index in [-0.39, 0.29) is 5.41 Å². The van der Waals surface area contributed by atoms with Gasteiger partial charge in [0.05, 0.1) is 17.3 Å². The Morgan fingerprint density at radius 2 is 1.80 bits per heavy atom. The molecule has 4 fully saturated rings. The Labute approximate surface area is 306 Å². The molecular weight excluding hydrogens is 634 g/mol. The average molecular weight is 690 g/mol. The maximum absolute atomic E-state index is 6.75. The number of hydrogen-bond donors (Lipinski definition) is 0. The zero-order chi connectivity index (χ0) is 35.0. The number of rotatable bonds is 9. The number of halogens is 1. The summed E-state index contributed by atoms with van der Waals surface area (Å²) < 4.78 is 0. The molecule has 8 rings (SSSR count). The number of aliphatic imine (C=N–C) groups is 1. The molecule has 0 N–H and O–H groups in total. The first-order chi connectivity index (χ1) is 24.3. The molecule has 2 aliphatic heterocycles. The molecule has 3 unspecified atom stereocenters. The van der Waals surface area contributed by atoms with Gasteiger partial charge in [0, 0.05) is 66.2 Å². The largest absolute Gasteiger partial charge is 0.354 e. The van der Waals surface area contributed by atoms with Crippen LogP contribution >= 0.6 is 11.6 Å². The van der Waals surface area contributed by atoms with Gasteiger partial charge in [0.15, 0.2) is 0 Å². The number of hydrogen-bond acceptors (Lipinski definition) is 5. The van der Waals surface area contributed by atoms with E-state index in [1.165, 1.54) is 67.0 Å². The first-order valence-electron chi connectivity index (χ1n) is 19.6. The fraction of sp³-hybridized carbons (Fsp3) is 0.568. The third-order valence-corrected chi connectivity index (χ3v) is 12.9. The standard InChI is InChI=1S/C42H50ClN5.C2H6/c1-5-7-32-23-31-9-8-29(22-34(31)40(46-32)48-20-18-47(4)19-21-48)12-14-42-17-16-41(6-2,37(42)24-42)15-13-33-35(30-10-11-30)26-45-39(33)38-28(3)25-44-27-36(38)43;1-2/h8-9,22-23,25,27,30,37H,5-7,10-11,13,15-21,24,26H2,1-4H3;1-2H3. The van der Waals surface area contributed by atoms with Crippen LogP contribution in [-0.4, -0.2) is 60.4 Å². The van der Waals surface area contributed by atoms with Crippen LogP contribution in [0, 0.1) is 41.4 Å². The molecule has 1 aromatic carbocycles. The van der Waals surface area contributed by atoms with Crippen molar-refractivity contribution in [1.29, 1.82) is 0 Å². The van der Waals surface area contributed by atoms with E-state index < -0.39 is 0 Å². The molecule has 4 heterocycles. The summed E-state index contributed by atoms with van der Waals surface area (Å²) in [4.78, 5) is 19.6. The van der Waals surface area contributed by atoms with Crippen molar-refractivity contribution in [1.82, 2.24) is 14.9 Å². The molecule has 3 aromatic rings. The van der Waals surface area contributed by atoms with Crippen LogP contribution in [0.4, 0.5) is 5.82 Å². The van der Waals surface area contributed by atoms with Crippen molar-refractivity contribution in [2.75, 3.05) is 44.7 Å². The minimum absolute atomic E-state index is 0.180. The van der Waals surface area contributed by atoms with Gasteiger partial charge in [-0.15, -0.1) is 0 Å². The zero-order valence-corrected chi connectivity index (χ0v) is 32.1. The first kappa shape index (κ1) is 35.2. The number of anilines is 1. The highest BCUT2D eigenvalue weighted by Gasteiger charge is 2.66. The molecule has 5 nitrogen and oxygen atoms in total. The van der Waals surface area contributed by atoms with Gasteiger partial charge in [-0.1, -0.05) is 70.0 Å². The Morgan fingerprint density at radius 3 is 2.50 bits per heavy atom. The first-order valence-corrected chi connectivity index (χ1v) is 20.0. The predicted octanol–water partition coefficient (Wildman–Crippen LogP) is 9.86. The zero-order valence-electron chi connectivity index (χ0n) is 31.3. The monoisotopic (exact) mass is 689 g/mol. The van der Waals surface area contributed by atoms with E-state index in [1.54, 1.807) is 11.8 Å². The highest BCUT2D eigenvalue weighted by molar-refractivity contribution is 6.35. The van der Waals surface area contributed by atoms with Crippen LogP contribution in [0.5, 0.6) is 0 Å². The average Bonchev–Trinajstić information content (AvgIpc) is 4.05. The second-order valence-electron chi connectivity index (χ2n) is 15.5. The van der Waals surface area contributed by atoms with E-state index in [0.717, 1.165) is 91.1 Å². The topological polar surface area (TPSA) is 44.6 Å². The number of nitrogens with zero attached hydrogens (tertiary/aromatic N) is 5. The second kappa shape index (κ2) is 14.4. The Kier molecular flexibility index (Phi) is 10.2. The van der Waals surface area contributed by atoms with Gasteiger partial charge in [0.25, 0.3) is 0 Å². The van der Waals surface area contributed by atoms with Crippen LogP contribution in [0.3, 0.4) is 0 Å². The van der Waals surface area contributed by atoms with E-state index in [1.807, 2.05) is 20.0 Å². The van der Waals surface area contributed by atoms with Crippen LogP contribution in [0.25, 0.3) is 10.8 Å². The summed E-state index contributed by atoms with van der Waals surface area (Å²) in [5.74, 6) is 10.2. The smallest absolute Gasteiger partial charge is 0.136 e. The highest BCUT2D eigenvalue weighted by Crippen LogP contribution is 2.73. The van der Waals surface area contributed by atoms with Gasteiger partial charge in [0.2, 0.25) is 0 Å². The quantitative estimate of drug-likeness (QED) is 0.210. The summed E-state index contributed by atoms with van der Waals surface area (Å²) in [5, 5.41) is 3.27. The van der Waals surface area contributed by atoms with Gasteiger partial charge in [-0.25, -0.2) is 4.98 Å². The van der Waals surface area contributed by atoms with Gasteiger partial charge in [-0.3, -0.25) is 9.98 Å². The Hall–Kier alpha value is -3.20. The van der Waals surface area contributed by atoms with Crippen molar-refractivity contribution in [3.8, 4) is 11.8 Å². The molecule has 264 valence electrons. The second-order valence-corrected chi connectivity index (χ2v) is 16.0. The van der Waals surface area contributed by atoms with Crippen molar-refractivity contribution in [3.05, 3.63) is 75.2 Å². The number of pyridine rings is 2. The summed E-state index contributed by atoms with van der Waals surface area (Å²) in [6.07, 6.45) is 15.8. The SMILES string of the molecule is CC.CCCc1cc2ccc(C#CC34CCC(CC)(CCC5=C(C6CC6)CN=C5c5c(C)cncc5Cl)C3C4)cc2c(N2CCN(C)CC2)n1. The third-order valence-electron chi connectivity index (χ3n) is 12.6. The molecule has 2 aromatic heterocycles. The summed E-state index contributed by atoms with van der Waals surface area (Å²) in [5.41, 5.74) is 9.33. The fourth-order valence-electron chi connectivity index (χ4n) is 9.36. The molecule has 0 radical (unpaired) electrons. The Balaban J connectivity index is 0.00000193. The van der Waals surface area contributed by atoms with Gasteiger partial charge in [-0.05, 0) is 123 Å². The van der Waals surface area contributed by atoms with E-state index in [2.05, 4.69) is 78.7 Å². The molecule has 6 heteroatoms. The molecular formula is C44H56ClN5. The Bertz CT molecular complexity index is 1850. The number of fused-ring (bicyclic) bond motifs is 2. The van der Waals surface area contributed by atoms with Crippen LogP contribution in [0.1, 0.15) is 108 Å². The third kappa shape index (κ3) is 6.64. The highest BCUT2D eigenvalue weighted by atomic mass is 35.5. The minimum Gasteiger partial charge on any atom is -0.354 e. The molecule has 0 amide bonds. The summed E-state index contributed by atoms with van der Waals surface area (Å²) in [6, 6.07) is 9.16. The van der Waals surface area contributed by atoms with Gasteiger partial charge < -0.3 is 9.80 Å². The molecule has 3 saturated carbocycles. The lowest BCUT2D eigenvalue weighted by molar-refractivity contribution is 0.218. The van der Waals surface area contributed by atoms with Crippen molar-refractivity contribution < 1.29 is 0 Å². The van der Waals surface area contributed by atoms with Gasteiger partial charge >= 0.3 is 0 Å². The summed E-state index contributed by atoms with van der Waals surface area (Å²) in [6.45, 7) is 15.8. The number of likely N-dealkylation sites (N-methyl/N-ethyl adjacent to an activating group) is 1. The maximum atomic E-state index is 6.75. The number of aromatic nitrogens is 2. The molecule has 50 heavy (non-hydrogen) atoms. The minimum atomic E-state index is 0.180. The molecule has 0 spiro atoms. The number of aryl methyl sites for hydroxylation is 2. The summed E-state index contributed by atoms with van der Waals surface area (Å²) >= 11 is 6.75. The summed E-state index contributed by atoms with van der Waals surface area (Å²) in [7, 11) is 2.22. The number of allylic oxidation sites excluding steroid dienone is 1. The normalized spacial score (nSPS) is 25.9. The van der Waals surface area contributed by atoms with Gasteiger partial charge in [-0.2, -0.15) is 0 Å². The van der Waals surface area contributed by atoms with Gasteiger partial charge in [0.1, 0.15) is 5.82 Å². The van der Waals surface area contributed by atoms with Crippen LogP contribution in [0.2, 0.25) is 5.02 Å². The van der Waals surface area contributed by atoms with Crippen molar-refractivity contribution in [2.45, 2.75) is 98.8 Å². The molecule has 3 aliphatic carbocycles. The maximum Gasteiger partial charge on any atom is 0.136 e.